The van der Waals surface area contributed by atoms with Gasteiger partial charge in [0, 0.05) is 30.2 Å². The van der Waals surface area contributed by atoms with Crippen LogP contribution in [0.4, 0.5) is 0 Å². The lowest BCUT2D eigenvalue weighted by Gasteiger charge is -2.18. The number of benzene rings is 1. The highest BCUT2D eigenvalue weighted by molar-refractivity contribution is 5.82. The summed E-state index contributed by atoms with van der Waals surface area (Å²) >= 11 is 0. The van der Waals surface area contributed by atoms with E-state index in [1.54, 1.807) is 0 Å². The molecule has 1 aromatic carbocycles. The molecule has 0 radical (unpaired) electrons. The molecule has 0 saturated heterocycles. The van der Waals surface area contributed by atoms with Crippen molar-refractivity contribution in [2.75, 3.05) is 13.6 Å². The third-order valence-electron chi connectivity index (χ3n) is 3.78. The summed E-state index contributed by atoms with van der Waals surface area (Å²) < 4.78 is 0. The number of aromatic nitrogens is 1. The van der Waals surface area contributed by atoms with Crippen LogP contribution >= 0.6 is 0 Å². The molecule has 1 aliphatic rings. The molecule has 3 heteroatoms. The van der Waals surface area contributed by atoms with Crippen molar-refractivity contribution >= 4 is 10.9 Å². The number of aromatic amines is 1. The number of nitriles is 1. The van der Waals surface area contributed by atoms with Gasteiger partial charge >= 0.3 is 0 Å². The number of hydrogen-bond donors (Lipinski definition) is 1. The number of rotatable bonds is 4. The van der Waals surface area contributed by atoms with Crippen LogP contribution in [0.25, 0.3) is 10.9 Å². The van der Waals surface area contributed by atoms with Crippen molar-refractivity contribution in [1.82, 2.24) is 9.88 Å². The standard InChI is InChI=1S/C15H17N3/c1-18(11-15(10-16)6-7-15)9-12-8-17-14-5-3-2-4-13(12)14/h2-5,8,17H,6-7,9,11H2,1H3. The average Bonchev–Trinajstić information content (AvgIpc) is 3.04. The predicted molar refractivity (Wildman–Crippen MR) is 71.9 cm³/mol. The molecule has 92 valence electrons. The van der Waals surface area contributed by atoms with Gasteiger partial charge in [0.15, 0.2) is 0 Å². The Balaban J connectivity index is 1.74. The molecule has 18 heavy (non-hydrogen) atoms. The van der Waals surface area contributed by atoms with Crippen molar-refractivity contribution in [3.63, 3.8) is 0 Å². The summed E-state index contributed by atoms with van der Waals surface area (Å²) in [4.78, 5) is 5.55. The Morgan fingerprint density at radius 1 is 1.39 bits per heavy atom. The SMILES string of the molecule is CN(Cc1c[nH]c2ccccc12)CC1(C#N)CC1. The van der Waals surface area contributed by atoms with E-state index >= 15 is 0 Å². The van der Waals surface area contributed by atoms with Gasteiger partial charge in [-0.25, -0.2) is 0 Å². The first-order valence-electron chi connectivity index (χ1n) is 6.37. The van der Waals surface area contributed by atoms with Crippen molar-refractivity contribution in [2.45, 2.75) is 19.4 Å². The zero-order valence-electron chi connectivity index (χ0n) is 10.6. The van der Waals surface area contributed by atoms with Crippen LogP contribution in [0.5, 0.6) is 0 Å². The maximum absolute atomic E-state index is 9.12. The Hall–Kier alpha value is -1.79. The van der Waals surface area contributed by atoms with E-state index in [9.17, 15) is 0 Å². The molecule has 1 heterocycles. The summed E-state index contributed by atoms with van der Waals surface area (Å²) in [5, 5.41) is 10.4. The summed E-state index contributed by atoms with van der Waals surface area (Å²) in [6.45, 7) is 1.77. The zero-order chi connectivity index (χ0) is 12.6. The molecular formula is C15H17N3. The van der Waals surface area contributed by atoms with Gasteiger partial charge in [-0.1, -0.05) is 18.2 Å². The van der Waals surface area contributed by atoms with Gasteiger partial charge in [0.1, 0.15) is 0 Å². The normalized spacial score (nSPS) is 16.9. The van der Waals surface area contributed by atoms with Crippen molar-refractivity contribution in [3.8, 4) is 6.07 Å². The number of hydrogen-bond acceptors (Lipinski definition) is 2. The molecule has 0 unspecified atom stereocenters. The van der Waals surface area contributed by atoms with Gasteiger partial charge in [0.2, 0.25) is 0 Å². The van der Waals surface area contributed by atoms with Crippen LogP contribution in [0.3, 0.4) is 0 Å². The van der Waals surface area contributed by atoms with Crippen LogP contribution in [-0.4, -0.2) is 23.5 Å². The maximum atomic E-state index is 9.12. The van der Waals surface area contributed by atoms with E-state index in [0.29, 0.717) is 0 Å². The quantitative estimate of drug-likeness (QED) is 0.891. The highest BCUT2D eigenvalue weighted by Gasteiger charge is 2.43. The minimum absolute atomic E-state index is 0.0547. The summed E-state index contributed by atoms with van der Waals surface area (Å²) in [6, 6.07) is 10.8. The minimum atomic E-state index is -0.0547. The molecule has 0 amide bonds. The fourth-order valence-corrected chi connectivity index (χ4v) is 2.58. The molecule has 1 aliphatic carbocycles. The Kier molecular flexibility index (Phi) is 2.61. The molecule has 1 saturated carbocycles. The Labute approximate surface area is 107 Å². The van der Waals surface area contributed by atoms with Gasteiger partial charge in [0.05, 0.1) is 11.5 Å². The van der Waals surface area contributed by atoms with E-state index in [-0.39, 0.29) is 5.41 Å². The molecule has 2 aromatic rings. The number of para-hydroxylation sites is 1. The molecule has 3 nitrogen and oxygen atoms in total. The van der Waals surface area contributed by atoms with E-state index in [2.05, 4.69) is 47.4 Å². The largest absolute Gasteiger partial charge is 0.361 e. The maximum Gasteiger partial charge on any atom is 0.0703 e. The van der Waals surface area contributed by atoms with Gasteiger partial charge in [-0.3, -0.25) is 0 Å². The van der Waals surface area contributed by atoms with Crippen LogP contribution in [0, 0.1) is 16.7 Å². The number of H-pyrrole nitrogens is 1. The lowest BCUT2D eigenvalue weighted by Crippen LogP contribution is -2.25. The molecule has 1 aromatic heterocycles. The summed E-state index contributed by atoms with van der Waals surface area (Å²) in [5.41, 5.74) is 2.44. The van der Waals surface area contributed by atoms with Gasteiger partial charge in [-0.15, -0.1) is 0 Å². The fraction of sp³-hybridized carbons (Fsp3) is 0.400. The number of nitrogens with zero attached hydrogens (tertiary/aromatic N) is 2. The third kappa shape index (κ3) is 2.00. The average molecular weight is 239 g/mol. The third-order valence-corrected chi connectivity index (χ3v) is 3.78. The lowest BCUT2D eigenvalue weighted by atomic mass is 10.1. The van der Waals surface area contributed by atoms with Crippen LogP contribution in [0.15, 0.2) is 30.5 Å². The molecule has 1 fully saturated rings. The first-order chi connectivity index (χ1) is 8.72. The predicted octanol–water partition coefficient (Wildman–Crippen LogP) is 2.90. The Bertz CT molecular complexity index is 601. The van der Waals surface area contributed by atoms with Crippen molar-refractivity contribution in [3.05, 3.63) is 36.0 Å². The summed E-state index contributed by atoms with van der Waals surface area (Å²) in [7, 11) is 2.10. The van der Waals surface area contributed by atoms with E-state index in [0.717, 1.165) is 25.9 Å². The lowest BCUT2D eigenvalue weighted by molar-refractivity contribution is 0.287. The Morgan fingerprint density at radius 2 is 2.17 bits per heavy atom. The van der Waals surface area contributed by atoms with Gasteiger partial charge in [-0.05, 0) is 31.5 Å². The van der Waals surface area contributed by atoms with E-state index in [4.69, 9.17) is 5.26 Å². The van der Waals surface area contributed by atoms with Crippen LogP contribution < -0.4 is 0 Å². The summed E-state index contributed by atoms with van der Waals surface area (Å²) in [6.07, 6.45) is 4.19. The highest BCUT2D eigenvalue weighted by atomic mass is 15.1. The van der Waals surface area contributed by atoms with Crippen molar-refractivity contribution in [1.29, 1.82) is 5.26 Å². The molecule has 0 bridgehead atoms. The molecular weight excluding hydrogens is 222 g/mol. The van der Waals surface area contributed by atoms with Gasteiger partial charge in [0.25, 0.3) is 0 Å². The highest BCUT2D eigenvalue weighted by Crippen LogP contribution is 2.45. The number of nitrogens with one attached hydrogen (secondary N) is 1. The number of fused-ring (bicyclic) bond motifs is 1. The van der Waals surface area contributed by atoms with Crippen LogP contribution in [0.1, 0.15) is 18.4 Å². The molecule has 3 rings (SSSR count). The van der Waals surface area contributed by atoms with Crippen molar-refractivity contribution in [2.24, 2.45) is 5.41 Å². The monoisotopic (exact) mass is 239 g/mol. The van der Waals surface area contributed by atoms with Gasteiger partial charge < -0.3 is 9.88 Å². The fourth-order valence-electron chi connectivity index (χ4n) is 2.58. The smallest absolute Gasteiger partial charge is 0.0703 e. The second kappa shape index (κ2) is 4.15. The second-order valence-electron chi connectivity index (χ2n) is 5.42. The van der Waals surface area contributed by atoms with E-state index in [1.807, 2.05) is 6.07 Å². The second-order valence-corrected chi connectivity index (χ2v) is 5.42. The Morgan fingerprint density at radius 3 is 2.89 bits per heavy atom. The van der Waals surface area contributed by atoms with Crippen LogP contribution in [0.2, 0.25) is 0 Å². The van der Waals surface area contributed by atoms with Crippen molar-refractivity contribution < 1.29 is 0 Å². The molecule has 0 spiro atoms. The minimum Gasteiger partial charge on any atom is -0.361 e. The van der Waals surface area contributed by atoms with Crippen LogP contribution in [-0.2, 0) is 6.54 Å². The zero-order valence-corrected chi connectivity index (χ0v) is 10.6. The van der Waals surface area contributed by atoms with E-state index < -0.39 is 0 Å². The molecule has 0 aliphatic heterocycles. The molecule has 0 atom stereocenters. The first kappa shape index (κ1) is 11.3. The van der Waals surface area contributed by atoms with E-state index in [1.165, 1.54) is 16.5 Å². The summed E-state index contributed by atoms with van der Waals surface area (Å²) in [5.74, 6) is 0. The topological polar surface area (TPSA) is 42.8 Å². The van der Waals surface area contributed by atoms with Gasteiger partial charge in [-0.2, -0.15) is 5.26 Å². The first-order valence-corrected chi connectivity index (χ1v) is 6.37. The molecule has 1 N–H and O–H groups in total.